The maximum Gasteiger partial charge on any atom is 0.233 e. The van der Waals surface area contributed by atoms with Gasteiger partial charge >= 0.3 is 0 Å². The summed E-state index contributed by atoms with van der Waals surface area (Å²) in [6.45, 7) is 2.56. The lowest BCUT2D eigenvalue weighted by Gasteiger charge is -2.39. The van der Waals surface area contributed by atoms with Crippen molar-refractivity contribution in [1.29, 1.82) is 0 Å². The number of halogens is 1. The summed E-state index contributed by atoms with van der Waals surface area (Å²) in [5.74, 6) is 0.252. The normalized spacial score (nSPS) is 20.8. The second kappa shape index (κ2) is 8.39. The fourth-order valence-electron chi connectivity index (χ4n) is 5.27. The molecule has 31 heavy (non-hydrogen) atoms. The SMILES string of the molecule is O=C(N1CCC(Cc2cccc3ncccc23)C1)C1(c2cccc(F)c2)CCOCC1. The summed E-state index contributed by atoms with van der Waals surface area (Å²) >= 11 is 0. The number of fused-ring (bicyclic) bond motifs is 1. The number of nitrogens with zero attached hydrogens (tertiary/aromatic N) is 2. The highest BCUT2D eigenvalue weighted by Crippen LogP contribution is 2.38. The Labute approximate surface area is 182 Å². The van der Waals surface area contributed by atoms with Crippen molar-refractivity contribution in [1.82, 2.24) is 9.88 Å². The predicted octanol–water partition coefficient (Wildman–Crippen LogP) is 4.51. The topological polar surface area (TPSA) is 42.4 Å². The second-order valence-electron chi connectivity index (χ2n) is 8.80. The van der Waals surface area contributed by atoms with Crippen LogP contribution in [0.15, 0.2) is 60.8 Å². The number of hydrogen-bond acceptors (Lipinski definition) is 3. The minimum atomic E-state index is -0.682. The number of carbonyl (C=O) groups is 1. The Morgan fingerprint density at radius 2 is 1.97 bits per heavy atom. The highest BCUT2D eigenvalue weighted by molar-refractivity contribution is 5.89. The molecule has 1 aromatic heterocycles. The first-order valence-electron chi connectivity index (χ1n) is 11.1. The van der Waals surface area contributed by atoms with Gasteiger partial charge in [0, 0.05) is 37.9 Å². The average molecular weight is 419 g/mol. The maximum absolute atomic E-state index is 14.0. The van der Waals surface area contributed by atoms with Gasteiger partial charge in [-0.15, -0.1) is 0 Å². The summed E-state index contributed by atoms with van der Waals surface area (Å²) in [6.07, 6.45) is 4.94. The summed E-state index contributed by atoms with van der Waals surface area (Å²) in [5.41, 5.74) is 2.40. The first kappa shape index (κ1) is 20.1. The molecule has 0 radical (unpaired) electrons. The number of ether oxygens (including phenoxy) is 1. The zero-order chi connectivity index (χ0) is 21.3. The molecule has 5 rings (SSSR count). The predicted molar refractivity (Wildman–Crippen MR) is 118 cm³/mol. The third kappa shape index (κ3) is 3.83. The van der Waals surface area contributed by atoms with Crippen LogP contribution in [0.3, 0.4) is 0 Å². The van der Waals surface area contributed by atoms with Crippen LogP contribution in [0.2, 0.25) is 0 Å². The summed E-state index contributed by atoms with van der Waals surface area (Å²) in [6, 6.07) is 16.9. The molecule has 0 saturated carbocycles. The fourth-order valence-corrected chi connectivity index (χ4v) is 5.27. The van der Waals surface area contributed by atoms with Crippen LogP contribution in [0.5, 0.6) is 0 Å². The fraction of sp³-hybridized carbons (Fsp3) is 0.385. The highest BCUT2D eigenvalue weighted by Gasteiger charge is 2.45. The lowest BCUT2D eigenvalue weighted by atomic mass is 9.73. The maximum atomic E-state index is 14.0. The van der Waals surface area contributed by atoms with Crippen LogP contribution in [-0.4, -0.2) is 42.1 Å². The van der Waals surface area contributed by atoms with E-state index in [9.17, 15) is 9.18 Å². The van der Waals surface area contributed by atoms with E-state index in [1.54, 1.807) is 6.07 Å². The summed E-state index contributed by atoms with van der Waals surface area (Å²) in [5, 5.41) is 1.19. The van der Waals surface area contributed by atoms with Crippen LogP contribution in [0.1, 0.15) is 30.4 Å². The lowest BCUT2D eigenvalue weighted by molar-refractivity contribution is -0.140. The van der Waals surface area contributed by atoms with Crippen molar-refractivity contribution in [2.24, 2.45) is 5.92 Å². The Kier molecular flexibility index (Phi) is 5.45. The minimum Gasteiger partial charge on any atom is -0.381 e. The largest absolute Gasteiger partial charge is 0.381 e. The summed E-state index contributed by atoms with van der Waals surface area (Å²) < 4.78 is 19.6. The van der Waals surface area contributed by atoms with E-state index < -0.39 is 5.41 Å². The third-order valence-electron chi connectivity index (χ3n) is 6.95. The molecule has 1 amide bonds. The van der Waals surface area contributed by atoms with E-state index in [4.69, 9.17) is 4.74 Å². The van der Waals surface area contributed by atoms with Gasteiger partial charge in [0.25, 0.3) is 0 Å². The molecule has 160 valence electrons. The molecule has 2 aliphatic heterocycles. The number of likely N-dealkylation sites (tertiary alicyclic amines) is 1. The Balaban J connectivity index is 1.36. The van der Waals surface area contributed by atoms with Crippen molar-refractivity contribution in [2.75, 3.05) is 26.3 Å². The Morgan fingerprint density at radius 3 is 2.81 bits per heavy atom. The van der Waals surface area contributed by atoms with Gasteiger partial charge in [0.1, 0.15) is 5.82 Å². The van der Waals surface area contributed by atoms with Gasteiger partial charge in [-0.1, -0.05) is 30.3 Å². The molecule has 0 aliphatic carbocycles. The molecule has 3 heterocycles. The van der Waals surface area contributed by atoms with Gasteiger partial charge in [-0.05, 0) is 67.0 Å². The molecule has 1 atom stereocenters. The van der Waals surface area contributed by atoms with Crippen LogP contribution < -0.4 is 0 Å². The average Bonchev–Trinajstić information content (AvgIpc) is 3.28. The van der Waals surface area contributed by atoms with Crippen molar-refractivity contribution in [2.45, 2.75) is 31.1 Å². The number of pyridine rings is 1. The van der Waals surface area contributed by atoms with Crippen LogP contribution in [0, 0.1) is 11.7 Å². The molecule has 1 unspecified atom stereocenters. The van der Waals surface area contributed by atoms with Gasteiger partial charge in [-0.3, -0.25) is 9.78 Å². The van der Waals surface area contributed by atoms with Gasteiger partial charge in [0.05, 0.1) is 10.9 Å². The van der Waals surface area contributed by atoms with E-state index >= 15 is 0 Å². The molecule has 2 fully saturated rings. The van der Waals surface area contributed by atoms with Crippen LogP contribution in [0.4, 0.5) is 4.39 Å². The van der Waals surface area contributed by atoms with E-state index in [1.165, 1.54) is 23.1 Å². The number of amides is 1. The molecule has 2 aromatic carbocycles. The van der Waals surface area contributed by atoms with Gasteiger partial charge in [-0.25, -0.2) is 4.39 Å². The molecule has 3 aromatic rings. The van der Waals surface area contributed by atoms with E-state index in [2.05, 4.69) is 23.2 Å². The first-order valence-corrected chi connectivity index (χ1v) is 11.1. The lowest BCUT2D eigenvalue weighted by Crippen LogP contribution is -2.49. The Hall–Kier alpha value is -2.79. The quantitative estimate of drug-likeness (QED) is 0.626. The number of rotatable bonds is 4. The van der Waals surface area contributed by atoms with E-state index in [1.807, 2.05) is 29.3 Å². The van der Waals surface area contributed by atoms with Crippen molar-refractivity contribution in [3.63, 3.8) is 0 Å². The molecule has 2 saturated heterocycles. The first-order chi connectivity index (χ1) is 15.2. The molecule has 4 nitrogen and oxygen atoms in total. The number of benzene rings is 2. The molecule has 2 aliphatic rings. The molecular weight excluding hydrogens is 391 g/mol. The van der Waals surface area contributed by atoms with Crippen molar-refractivity contribution in [3.05, 3.63) is 77.7 Å². The van der Waals surface area contributed by atoms with Crippen molar-refractivity contribution < 1.29 is 13.9 Å². The molecular formula is C26H27FN2O2. The number of hydrogen-bond donors (Lipinski definition) is 0. The second-order valence-corrected chi connectivity index (χ2v) is 8.80. The smallest absolute Gasteiger partial charge is 0.233 e. The van der Waals surface area contributed by atoms with Gasteiger partial charge in [0.2, 0.25) is 5.91 Å². The molecule has 0 bridgehead atoms. The third-order valence-corrected chi connectivity index (χ3v) is 6.95. The van der Waals surface area contributed by atoms with Gasteiger partial charge < -0.3 is 9.64 Å². The van der Waals surface area contributed by atoms with E-state index in [0.717, 1.165) is 37.0 Å². The van der Waals surface area contributed by atoms with E-state index in [-0.39, 0.29) is 11.7 Å². The van der Waals surface area contributed by atoms with Crippen LogP contribution >= 0.6 is 0 Å². The van der Waals surface area contributed by atoms with Crippen molar-refractivity contribution in [3.8, 4) is 0 Å². The molecule has 5 heteroatoms. The van der Waals surface area contributed by atoms with Crippen LogP contribution in [0.25, 0.3) is 10.9 Å². The molecule has 0 N–H and O–H groups in total. The number of carbonyl (C=O) groups excluding carboxylic acids is 1. The monoisotopic (exact) mass is 418 g/mol. The molecule has 0 spiro atoms. The zero-order valence-corrected chi connectivity index (χ0v) is 17.6. The van der Waals surface area contributed by atoms with Gasteiger partial charge in [-0.2, -0.15) is 0 Å². The summed E-state index contributed by atoms with van der Waals surface area (Å²) in [4.78, 5) is 20.3. The minimum absolute atomic E-state index is 0.128. The van der Waals surface area contributed by atoms with Gasteiger partial charge in [0.15, 0.2) is 0 Å². The Morgan fingerprint density at radius 1 is 1.13 bits per heavy atom. The zero-order valence-electron chi connectivity index (χ0n) is 17.6. The Bertz CT molecular complexity index is 1090. The van der Waals surface area contributed by atoms with E-state index in [0.29, 0.717) is 32.0 Å². The number of aromatic nitrogens is 1. The highest BCUT2D eigenvalue weighted by atomic mass is 19.1. The summed E-state index contributed by atoms with van der Waals surface area (Å²) in [7, 11) is 0. The van der Waals surface area contributed by atoms with Crippen molar-refractivity contribution >= 4 is 16.8 Å². The standard InChI is InChI=1S/C26H27FN2O2/c27-22-6-2-5-21(17-22)26(10-14-31-15-11-26)25(30)29-13-9-19(18-29)16-20-4-1-8-24-23(20)7-3-12-28-24/h1-8,12,17,19H,9-11,13-16,18H2. The van der Waals surface area contributed by atoms with Crippen LogP contribution in [-0.2, 0) is 21.4 Å².